The van der Waals surface area contributed by atoms with E-state index in [4.69, 9.17) is 34.8 Å². The predicted octanol–water partition coefficient (Wildman–Crippen LogP) is 2.66. The van der Waals surface area contributed by atoms with Crippen LogP contribution in [0.3, 0.4) is 0 Å². The highest BCUT2D eigenvalue weighted by Crippen LogP contribution is 2.31. The van der Waals surface area contributed by atoms with Gasteiger partial charge in [0.25, 0.3) is 0 Å². The van der Waals surface area contributed by atoms with E-state index < -0.39 is 11.9 Å². The maximum Gasteiger partial charge on any atom is 0.128 e. The SMILES string of the molecule is NNC(c1ccc(F)cc1Cl)c1cc(Cl)cnc1N. The van der Waals surface area contributed by atoms with Gasteiger partial charge >= 0.3 is 0 Å². The molecule has 100 valence electrons. The van der Waals surface area contributed by atoms with Gasteiger partial charge in [-0.25, -0.2) is 14.8 Å². The maximum atomic E-state index is 13.1. The molecule has 19 heavy (non-hydrogen) atoms. The average Bonchev–Trinajstić information content (AvgIpc) is 2.36. The zero-order valence-corrected chi connectivity index (χ0v) is 11.2. The van der Waals surface area contributed by atoms with Gasteiger partial charge in [0, 0.05) is 16.8 Å². The predicted molar refractivity (Wildman–Crippen MR) is 74.2 cm³/mol. The second-order valence-electron chi connectivity index (χ2n) is 3.89. The molecule has 2 rings (SSSR count). The van der Waals surface area contributed by atoms with Crippen molar-refractivity contribution in [2.75, 3.05) is 5.73 Å². The number of anilines is 1. The molecule has 2 aromatic rings. The molecule has 7 heteroatoms. The van der Waals surface area contributed by atoms with E-state index in [0.29, 0.717) is 16.1 Å². The number of pyridine rings is 1. The molecule has 0 aliphatic carbocycles. The van der Waals surface area contributed by atoms with E-state index in [9.17, 15) is 4.39 Å². The molecule has 0 saturated carbocycles. The summed E-state index contributed by atoms with van der Waals surface area (Å²) >= 11 is 11.9. The lowest BCUT2D eigenvalue weighted by Crippen LogP contribution is -2.30. The number of nitrogens with two attached hydrogens (primary N) is 2. The molecule has 0 spiro atoms. The van der Waals surface area contributed by atoms with Crippen molar-refractivity contribution in [2.45, 2.75) is 6.04 Å². The standard InChI is InChI=1S/C12H11Cl2FN4/c13-6-3-9(12(16)18-5-6)11(19-17)8-2-1-7(15)4-10(8)14/h1-5,11,19H,17H2,(H2,16,18). The highest BCUT2D eigenvalue weighted by molar-refractivity contribution is 6.31. The van der Waals surface area contributed by atoms with Crippen molar-refractivity contribution in [1.82, 2.24) is 10.4 Å². The summed E-state index contributed by atoms with van der Waals surface area (Å²) < 4.78 is 13.1. The van der Waals surface area contributed by atoms with Gasteiger partial charge in [0.2, 0.25) is 0 Å². The molecule has 0 amide bonds. The second-order valence-corrected chi connectivity index (χ2v) is 4.74. The average molecular weight is 301 g/mol. The van der Waals surface area contributed by atoms with E-state index >= 15 is 0 Å². The Kier molecular flexibility index (Phi) is 4.21. The molecule has 1 aromatic heterocycles. The van der Waals surface area contributed by atoms with Gasteiger partial charge in [0.1, 0.15) is 11.6 Å². The van der Waals surface area contributed by atoms with Crippen LogP contribution in [0.4, 0.5) is 10.2 Å². The van der Waals surface area contributed by atoms with Crippen LogP contribution in [-0.4, -0.2) is 4.98 Å². The fourth-order valence-corrected chi connectivity index (χ4v) is 2.22. The van der Waals surface area contributed by atoms with Crippen molar-refractivity contribution in [3.63, 3.8) is 0 Å². The van der Waals surface area contributed by atoms with E-state index in [1.54, 1.807) is 6.07 Å². The minimum atomic E-state index is -0.528. The Balaban J connectivity index is 2.52. The summed E-state index contributed by atoms with van der Waals surface area (Å²) in [7, 11) is 0. The first-order valence-corrected chi connectivity index (χ1v) is 6.10. The summed E-state index contributed by atoms with van der Waals surface area (Å²) in [6.45, 7) is 0. The molecule has 0 saturated heterocycles. The Morgan fingerprint density at radius 2 is 1.95 bits per heavy atom. The minimum absolute atomic E-state index is 0.238. The molecule has 0 bridgehead atoms. The van der Waals surface area contributed by atoms with Crippen LogP contribution < -0.4 is 17.0 Å². The topological polar surface area (TPSA) is 77.0 Å². The van der Waals surface area contributed by atoms with Crippen LogP contribution in [0.25, 0.3) is 0 Å². The third-order valence-corrected chi connectivity index (χ3v) is 3.20. The van der Waals surface area contributed by atoms with Gasteiger partial charge in [-0.3, -0.25) is 5.84 Å². The number of aromatic nitrogens is 1. The molecule has 0 radical (unpaired) electrons. The summed E-state index contributed by atoms with van der Waals surface area (Å²) in [6.07, 6.45) is 1.43. The molecule has 1 unspecified atom stereocenters. The van der Waals surface area contributed by atoms with Gasteiger partial charge < -0.3 is 5.73 Å². The van der Waals surface area contributed by atoms with E-state index in [-0.39, 0.29) is 10.8 Å². The zero-order valence-electron chi connectivity index (χ0n) is 9.70. The normalized spacial score (nSPS) is 12.4. The summed E-state index contributed by atoms with van der Waals surface area (Å²) in [6, 6.07) is 5.13. The first-order valence-electron chi connectivity index (χ1n) is 5.35. The first kappa shape index (κ1) is 14.0. The number of benzene rings is 1. The molecule has 0 fully saturated rings. The molecular formula is C12H11Cl2FN4. The third kappa shape index (κ3) is 2.96. The largest absolute Gasteiger partial charge is 0.383 e. The molecule has 5 N–H and O–H groups in total. The quantitative estimate of drug-likeness (QED) is 0.601. The van der Waals surface area contributed by atoms with Gasteiger partial charge in [-0.2, -0.15) is 0 Å². The lowest BCUT2D eigenvalue weighted by molar-refractivity contribution is 0.616. The number of hydrazine groups is 1. The Labute approximate surface area is 119 Å². The fourth-order valence-electron chi connectivity index (χ4n) is 1.78. The molecule has 0 aliphatic rings. The number of halogens is 3. The van der Waals surface area contributed by atoms with E-state index in [1.165, 1.54) is 24.4 Å². The van der Waals surface area contributed by atoms with Crippen molar-refractivity contribution in [1.29, 1.82) is 0 Å². The van der Waals surface area contributed by atoms with Gasteiger partial charge in [0.05, 0.1) is 11.1 Å². The number of nitrogen functional groups attached to an aromatic ring is 1. The van der Waals surface area contributed by atoms with Crippen LogP contribution in [0.1, 0.15) is 17.2 Å². The van der Waals surface area contributed by atoms with E-state index in [2.05, 4.69) is 10.4 Å². The Hall–Kier alpha value is -1.40. The number of rotatable bonds is 3. The number of hydrogen-bond donors (Lipinski definition) is 3. The van der Waals surface area contributed by atoms with Crippen molar-refractivity contribution >= 4 is 29.0 Å². The molecule has 0 aliphatic heterocycles. The molecule has 4 nitrogen and oxygen atoms in total. The van der Waals surface area contributed by atoms with Gasteiger partial charge in [-0.1, -0.05) is 29.3 Å². The highest BCUT2D eigenvalue weighted by atomic mass is 35.5. The van der Waals surface area contributed by atoms with E-state index in [0.717, 1.165) is 0 Å². The van der Waals surface area contributed by atoms with E-state index in [1.807, 2.05) is 0 Å². The fraction of sp³-hybridized carbons (Fsp3) is 0.0833. The molecule has 1 heterocycles. The molecular weight excluding hydrogens is 290 g/mol. The Bertz CT molecular complexity index is 606. The smallest absolute Gasteiger partial charge is 0.128 e. The van der Waals surface area contributed by atoms with Crippen molar-refractivity contribution in [3.05, 3.63) is 57.5 Å². The zero-order chi connectivity index (χ0) is 14.0. The van der Waals surface area contributed by atoms with Crippen molar-refractivity contribution in [2.24, 2.45) is 5.84 Å². The summed E-state index contributed by atoms with van der Waals surface area (Å²) in [5.41, 5.74) is 9.54. The van der Waals surface area contributed by atoms with Gasteiger partial charge in [-0.05, 0) is 23.8 Å². The monoisotopic (exact) mass is 300 g/mol. The number of hydrogen-bond acceptors (Lipinski definition) is 4. The Morgan fingerprint density at radius 3 is 2.58 bits per heavy atom. The summed E-state index contributed by atoms with van der Waals surface area (Å²) in [4.78, 5) is 3.95. The van der Waals surface area contributed by atoms with Gasteiger partial charge in [0.15, 0.2) is 0 Å². The Morgan fingerprint density at radius 1 is 1.21 bits per heavy atom. The van der Waals surface area contributed by atoms with Crippen LogP contribution in [0.5, 0.6) is 0 Å². The third-order valence-electron chi connectivity index (χ3n) is 2.67. The lowest BCUT2D eigenvalue weighted by Gasteiger charge is -2.19. The van der Waals surface area contributed by atoms with Crippen LogP contribution >= 0.6 is 23.2 Å². The highest BCUT2D eigenvalue weighted by Gasteiger charge is 2.19. The number of nitrogens with zero attached hydrogens (tertiary/aromatic N) is 1. The van der Waals surface area contributed by atoms with Crippen LogP contribution in [-0.2, 0) is 0 Å². The van der Waals surface area contributed by atoms with Crippen LogP contribution in [0.15, 0.2) is 30.5 Å². The molecule has 1 aromatic carbocycles. The summed E-state index contributed by atoms with van der Waals surface area (Å²) in [5.74, 6) is 5.38. The first-order chi connectivity index (χ1) is 9.02. The lowest BCUT2D eigenvalue weighted by atomic mass is 10.00. The second kappa shape index (κ2) is 5.71. The van der Waals surface area contributed by atoms with Crippen LogP contribution in [0, 0.1) is 5.82 Å². The van der Waals surface area contributed by atoms with Crippen LogP contribution in [0.2, 0.25) is 10.0 Å². The van der Waals surface area contributed by atoms with Crippen molar-refractivity contribution in [3.8, 4) is 0 Å². The maximum absolute atomic E-state index is 13.1. The summed E-state index contributed by atoms with van der Waals surface area (Å²) in [5, 5.41) is 0.657. The minimum Gasteiger partial charge on any atom is -0.383 e. The van der Waals surface area contributed by atoms with Gasteiger partial charge in [-0.15, -0.1) is 0 Å². The van der Waals surface area contributed by atoms with Crippen molar-refractivity contribution < 1.29 is 4.39 Å². The molecule has 1 atom stereocenters. The number of nitrogens with one attached hydrogen (secondary N) is 1.